The summed E-state index contributed by atoms with van der Waals surface area (Å²) in [4.78, 5) is 4.14. The van der Waals surface area contributed by atoms with Crippen molar-refractivity contribution in [2.75, 3.05) is 26.2 Å². The summed E-state index contributed by atoms with van der Waals surface area (Å²) >= 11 is 1.86. The lowest BCUT2D eigenvalue weighted by Crippen LogP contribution is -2.35. The fourth-order valence-corrected chi connectivity index (χ4v) is 3.37. The summed E-state index contributed by atoms with van der Waals surface area (Å²) in [5, 5.41) is 5.72. The van der Waals surface area contributed by atoms with E-state index >= 15 is 0 Å². The Kier molecular flexibility index (Phi) is 5.49. The molecule has 1 saturated heterocycles. The van der Waals surface area contributed by atoms with E-state index in [1.54, 1.807) is 0 Å². The van der Waals surface area contributed by atoms with Crippen LogP contribution in [0.1, 0.15) is 31.1 Å². The quantitative estimate of drug-likeness (QED) is 0.751. The average molecular weight is 252 g/mol. The molecule has 0 radical (unpaired) electrons. The third-order valence-electron chi connectivity index (χ3n) is 3.67. The van der Waals surface area contributed by atoms with Gasteiger partial charge >= 0.3 is 0 Å². The fraction of sp³-hybridized carbons (Fsp3) is 0.714. The summed E-state index contributed by atoms with van der Waals surface area (Å²) in [6.07, 6.45) is 5.30. The van der Waals surface area contributed by atoms with Gasteiger partial charge in [0.25, 0.3) is 0 Å². The highest BCUT2D eigenvalue weighted by molar-refractivity contribution is 7.09. The first-order valence-electron chi connectivity index (χ1n) is 6.87. The van der Waals surface area contributed by atoms with Gasteiger partial charge < -0.3 is 5.32 Å². The number of hydrogen-bond acceptors (Lipinski definition) is 3. The molecule has 3 heteroatoms. The van der Waals surface area contributed by atoms with E-state index in [0.717, 1.165) is 19.1 Å². The number of rotatable bonds is 7. The van der Waals surface area contributed by atoms with Crippen LogP contribution in [0.2, 0.25) is 0 Å². The summed E-state index contributed by atoms with van der Waals surface area (Å²) in [6.45, 7) is 7.11. The molecule has 2 heterocycles. The average Bonchev–Trinajstić information content (AvgIpc) is 2.98. The number of hydrogen-bond donors (Lipinski definition) is 1. The summed E-state index contributed by atoms with van der Waals surface area (Å²) < 4.78 is 0. The molecule has 0 spiro atoms. The van der Waals surface area contributed by atoms with Crippen molar-refractivity contribution < 1.29 is 0 Å². The second kappa shape index (κ2) is 7.14. The first kappa shape index (κ1) is 13.1. The molecule has 1 fully saturated rings. The highest BCUT2D eigenvalue weighted by Gasteiger charge is 2.21. The lowest BCUT2D eigenvalue weighted by atomic mass is 10.2. The molecule has 0 saturated carbocycles. The number of nitrogens with one attached hydrogen (secondary N) is 1. The van der Waals surface area contributed by atoms with E-state index in [2.05, 4.69) is 34.7 Å². The molecule has 1 aliphatic rings. The lowest BCUT2D eigenvalue weighted by Gasteiger charge is -2.23. The van der Waals surface area contributed by atoms with Crippen molar-refractivity contribution in [2.24, 2.45) is 0 Å². The largest absolute Gasteiger partial charge is 0.315 e. The van der Waals surface area contributed by atoms with Gasteiger partial charge in [-0.3, -0.25) is 4.90 Å². The van der Waals surface area contributed by atoms with E-state index < -0.39 is 0 Å². The number of likely N-dealkylation sites (tertiary alicyclic amines) is 1. The Balaban J connectivity index is 1.54. The Labute approximate surface area is 109 Å². The highest BCUT2D eigenvalue weighted by Crippen LogP contribution is 2.18. The summed E-state index contributed by atoms with van der Waals surface area (Å²) in [6, 6.07) is 5.21. The fourth-order valence-electron chi connectivity index (χ4n) is 2.67. The van der Waals surface area contributed by atoms with Crippen LogP contribution in [0.3, 0.4) is 0 Å². The van der Waals surface area contributed by atoms with Crippen LogP contribution >= 0.6 is 11.3 Å². The first-order chi connectivity index (χ1) is 8.40. The second-order valence-corrected chi connectivity index (χ2v) is 5.85. The van der Waals surface area contributed by atoms with Gasteiger partial charge in [-0.2, -0.15) is 0 Å². The highest BCUT2D eigenvalue weighted by atomic mass is 32.1. The van der Waals surface area contributed by atoms with Crippen LogP contribution in [-0.4, -0.2) is 37.1 Å². The molecule has 1 aromatic rings. The summed E-state index contributed by atoms with van der Waals surface area (Å²) in [5.41, 5.74) is 0. The van der Waals surface area contributed by atoms with Gasteiger partial charge in [0.1, 0.15) is 0 Å². The lowest BCUT2D eigenvalue weighted by molar-refractivity contribution is 0.248. The molecule has 1 atom stereocenters. The normalized spacial score (nSPS) is 21.1. The Bertz CT molecular complexity index is 297. The minimum Gasteiger partial charge on any atom is -0.315 e. The van der Waals surface area contributed by atoms with Crippen LogP contribution in [-0.2, 0) is 6.42 Å². The Morgan fingerprint density at radius 3 is 3.18 bits per heavy atom. The molecule has 1 N–H and O–H groups in total. The maximum absolute atomic E-state index is 3.56. The van der Waals surface area contributed by atoms with Gasteiger partial charge in [-0.1, -0.05) is 13.0 Å². The Morgan fingerprint density at radius 1 is 1.47 bits per heavy atom. The van der Waals surface area contributed by atoms with Gasteiger partial charge in [-0.15, -0.1) is 11.3 Å². The van der Waals surface area contributed by atoms with Gasteiger partial charge in [0.2, 0.25) is 0 Å². The van der Waals surface area contributed by atoms with E-state index in [9.17, 15) is 0 Å². The van der Waals surface area contributed by atoms with Gasteiger partial charge in [0.15, 0.2) is 0 Å². The molecule has 0 bridgehead atoms. The van der Waals surface area contributed by atoms with E-state index in [1.165, 1.54) is 43.6 Å². The molecular weight excluding hydrogens is 228 g/mol. The maximum atomic E-state index is 3.56. The first-order valence-corrected chi connectivity index (χ1v) is 7.75. The van der Waals surface area contributed by atoms with Crippen molar-refractivity contribution in [1.82, 2.24) is 10.2 Å². The zero-order chi connectivity index (χ0) is 11.9. The molecule has 17 heavy (non-hydrogen) atoms. The SMILES string of the molecule is CCC1CCCN1CCNCCc1cccs1. The zero-order valence-corrected chi connectivity index (χ0v) is 11.6. The van der Waals surface area contributed by atoms with Crippen molar-refractivity contribution in [1.29, 1.82) is 0 Å². The van der Waals surface area contributed by atoms with Gasteiger partial charge in [0, 0.05) is 30.6 Å². The van der Waals surface area contributed by atoms with Crippen molar-refractivity contribution in [3.63, 3.8) is 0 Å². The molecule has 1 aromatic heterocycles. The molecule has 96 valence electrons. The van der Waals surface area contributed by atoms with Crippen LogP contribution < -0.4 is 5.32 Å². The third-order valence-corrected chi connectivity index (χ3v) is 4.61. The minimum absolute atomic E-state index is 0.856. The number of thiophene rings is 1. The Hall–Kier alpha value is -0.380. The van der Waals surface area contributed by atoms with Crippen LogP contribution in [0.4, 0.5) is 0 Å². The van der Waals surface area contributed by atoms with Gasteiger partial charge in [0.05, 0.1) is 0 Å². The van der Waals surface area contributed by atoms with Crippen LogP contribution in [0, 0.1) is 0 Å². The summed E-state index contributed by atoms with van der Waals surface area (Å²) in [7, 11) is 0. The summed E-state index contributed by atoms with van der Waals surface area (Å²) in [5.74, 6) is 0. The van der Waals surface area contributed by atoms with Crippen LogP contribution in [0.25, 0.3) is 0 Å². The monoisotopic (exact) mass is 252 g/mol. The van der Waals surface area contributed by atoms with Crippen molar-refractivity contribution in [3.8, 4) is 0 Å². The molecule has 1 aliphatic heterocycles. The zero-order valence-electron chi connectivity index (χ0n) is 10.8. The minimum atomic E-state index is 0.856. The molecule has 2 nitrogen and oxygen atoms in total. The molecular formula is C14H24N2S. The third kappa shape index (κ3) is 4.09. The van der Waals surface area contributed by atoms with Crippen molar-refractivity contribution in [3.05, 3.63) is 22.4 Å². The molecule has 0 aliphatic carbocycles. The molecule has 2 rings (SSSR count). The molecule has 0 aromatic carbocycles. The maximum Gasteiger partial charge on any atom is 0.0110 e. The molecule has 1 unspecified atom stereocenters. The van der Waals surface area contributed by atoms with Crippen molar-refractivity contribution in [2.45, 2.75) is 38.6 Å². The molecule has 0 amide bonds. The topological polar surface area (TPSA) is 15.3 Å². The van der Waals surface area contributed by atoms with Crippen LogP contribution in [0.5, 0.6) is 0 Å². The number of nitrogens with zero attached hydrogens (tertiary/aromatic N) is 1. The smallest absolute Gasteiger partial charge is 0.0110 e. The standard InChI is InChI=1S/C14H24N2S/c1-2-13-5-3-10-16(13)11-9-15-8-7-14-6-4-12-17-14/h4,6,12-13,15H,2-3,5,7-11H2,1H3. The van der Waals surface area contributed by atoms with E-state index in [-0.39, 0.29) is 0 Å². The Morgan fingerprint density at radius 2 is 2.41 bits per heavy atom. The van der Waals surface area contributed by atoms with Crippen molar-refractivity contribution >= 4 is 11.3 Å². The second-order valence-electron chi connectivity index (χ2n) is 4.82. The van der Waals surface area contributed by atoms with E-state index in [4.69, 9.17) is 0 Å². The van der Waals surface area contributed by atoms with Crippen LogP contribution in [0.15, 0.2) is 17.5 Å². The van der Waals surface area contributed by atoms with E-state index in [0.29, 0.717) is 0 Å². The van der Waals surface area contributed by atoms with E-state index in [1.807, 2.05) is 11.3 Å². The predicted molar refractivity (Wildman–Crippen MR) is 75.8 cm³/mol. The predicted octanol–water partition coefficient (Wildman–Crippen LogP) is 2.75. The van der Waals surface area contributed by atoms with Gasteiger partial charge in [-0.25, -0.2) is 0 Å². The van der Waals surface area contributed by atoms with Gasteiger partial charge in [-0.05, 0) is 43.7 Å².